The van der Waals surface area contributed by atoms with Gasteiger partial charge in [-0.2, -0.15) is 0 Å². The van der Waals surface area contributed by atoms with Gasteiger partial charge in [0.1, 0.15) is 0 Å². The van der Waals surface area contributed by atoms with Crippen LogP contribution in [0.25, 0.3) is 0 Å². The molecule has 1 saturated heterocycles. The summed E-state index contributed by atoms with van der Waals surface area (Å²) in [5.41, 5.74) is 7.30. The smallest absolute Gasteiger partial charge is 0.303 e. The standard InChI is InChI=1S/C14H21N3O2/c15-13-9-16-12(11-5-2-1-3-6-11)10-17(13)8-4-7-14(18)19/h1-3,5-6,12-13,16H,4,7-10,15H2,(H,18,19). The molecule has 0 bridgehead atoms. The van der Waals surface area contributed by atoms with Gasteiger partial charge in [0.05, 0.1) is 6.17 Å². The molecule has 1 aromatic carbocycles. The first-order valence-electron chi connectivity index (χ1n) is 6.66. The minimum atomic E-state index is -0.747. The summed E-state index contributed by atoms with van der Waals surface area (Å²) in [4.78, 5) is 12.7. The number of hydrogen-bond acceptors (Lipinski definition) is 4. The van der Waals surface area contributed by atoms with Gasteiger partial charge in [0.15, 0.2) is 0 Å². The fourth-order valence-corrected chi connectivity index (χ4v) is 2.43. The maximum absolute atomic E-state index is 10.5. The molecule has 2 rings (SSSR count). The van der Waals surface area contributed by atoms with Gasteiger partial charge in [-0.1, -0.05) is 30.3 Å². The summed E-state index contributed by atoms with van der Waals surface area (Å²) in [6.45, 7) is 2.29. The molecular weight excluding hydrogens is 242 g/mol. The molecule has 4 N–H and O–H groups in total. The first-order chi connectivity index (χ1) is 9.16. The largest absolute Gasteiger partial charge is 0.481 e. The lowest BCUT2D eigenvalue weighted by Gasteiger charge is -2.38. The predicted molar refractivity (Wildman–Crippen MR) is 73.6 cm³/mol. The van der Waals surface area contributed by atoms with Crippen LogP contribution < -0.4 is 11.1 Å². The maximum Gasteiger partial charge on any atom is 0.303 e. The van der Waals surface area contributed by atoms with Crippen LogP contribution in [0.4, 0.5) is 0 Å². The number of carboxylic acid groups (broad SMARTS) is 1. The van der Waals surface area contributed by atoms with Gasteiger partial charge in [-0.15, -0.1) is 0 Å². The van der Waals surface area contributed by atoms with Gasteiger partial charge in [0.25, 0.3) is 0 Å². The molecule has 19 heavy (non-hydrogen) atoms. The van der Waals surface area contributed by atoms with Crippen LogP contribution in [-0.4, -0.2) is 41.8 Å². The second-order valence-electron chi connectivity index (χ2n) is 4.93. The Morgan fingerprint density at radius 1 is 1.42 bits per heavy atom. The van der Waals surface area contributed by atoms with Crippen molar-refractivity contribution in [1.29, 1.82) is 0 Å². The second kappa shape index (κ2) is 6.65. The van der Waals surface area contributed by atoms with E-state index in [2.05, 4.69) is 22.3 Å². The molecule has 1 aliphatic heterocycles. The van der Waals surface area contributed by atoms with Crippen molar-refractivity contribution in [3.05, 3.63) is 35.9 Å². The Bertz CT molecular complexity index is 410. The molecule has 0 spiro atoms. The number of aliphatic carboxylic acids is 1. The highest BCUT2D eigenvalue weighted by atomic mass is 16.4. The zero-order valence-electron chi connectivity index (χ0n) is 11.0. The number of rotatable bonds is 5. The molecule has 5 nitrogen and oxygen atoms in total. The Morgan fingerprint density at radius 3 is 2.84 bits per heavy atom. The van der Waals surface area contributed by atoms with E-state index in [1.165, 1.54) is 5.56 Å². The van der Waals surface area contributed by atoms with Crippen molar-refractivity contribution < 1.29 is 9.90 Å². The van der Waals surface area contributed by atoms with Gasteiger partial charge in [-0.05, 0) is 12.0 Å². The van der Waals surface area contributed by atoms with Gasteiger partial charge in [0, 0.05) is 32.1 Å². The van der Waals surface area contributed by atoms with E-state index in [1.807, 2.05) is 18.2 Å². The van der Waals surface area contributed by atoms with E-state index in [0.29, 0.717) is 6.42 Å². The van der Waals surface area contributed by atoms with Crippen molar-refractivity contribution in [2.75, 3.05) is 19.6 Å². The van der Waals surface area contributed by atoms with E-state index in [0.717, 1.165) is 19.6 Å². The summed E-state index contributed by atoms with van der Waals surface area (Å²) in [6, 6.07) is 10.5. The van der Waals surface area contributed by atoms with Crippen molar-refractivity contribution in [1.82, 2.24) is 10.2 Å². The van der Waals surface area contributed by atoms with Gasteiger partial charge in [-0.25, -0.2) is 0 Å². The summed E-state index contributed by atoms with van der Waals surface area (Å²) in [7, 11) is 0. The zero-order valence-corrected chi connectivity index (χ0v) is 11.0. The van der Waals surface area contributed by atoms with Crippen LogP contribution in [0, 0.1) is 0 Å². The molecule has 1 heterocycles. The predicted octanol–water partition coefficient (Wildman–Crippen LogP) is 0.782. The topological polar surface area (TPSA) is 78.6 Å². The number of carboxylic acids is 1. The number of nitrogens with one attached hydrogen (secondary N) is 1. The molecule has 2 unspecified atom stereocenters. The molecule has 1 aliphatic rings. The second-order valence-corrected chi connectivity index (χ2v) is 4.93. The molecule has 1 fully saturated rings. The number of benzene rings is 1. The SMILES string of the molecule is NC1CNC(c2ccccc2)CN1CCCC(=O)O. The average molecular weight is 263 g/mol. The van der Waals surface area contributed by atoms with E-state index in [4.69, 9.17) is 10.8 Å². The molecule has 0 amide bonds. The van der Waals surface area contributed by atoms with E-state index < -0.39 is 5.97 Å². The number of carbonyl (C=O) groups is 1. The van der Waals surface area contributed by atoms with Crippen molar-refractivity contribution in [2.24, 2.45) is 5.73 Å². The monoisotopic (exact) mass is 263 g/mol. The number of nitrogens with zero attached hydrogens (tertiary/aromatic N) is 1. The molecule has 0 aliphatic carbocycles. The molecule has 0 saturated carbocycles. The molecule has 0 radical (unpaired) electrons. The Kier molecular flexibility index (Phi) is 4.90. The number of hydrogen-bond donors (Lipinski definition) is 3. The third kappa shape index (κ3) is 4.02. The van der Waals surface area contributed by atoms with E-state index >= 15 is 0 Å². The van der Waals surface area contributed by atoms with Crippen LogP contribution in [0.1, 0.15) is 24.4 Å². The Hall–Kier alpha value is -1.43. The first kappa shape index (κ1) is 14.0. The van der Waals surface area contributed by atoms with Crippen LogP contribution in [-0.2, 0) is 4.79 Å². The van der Waals surface area contributed by atoms with Crippen molar-refractivity contribution in [3.8, 4) is 0 Å². The molecule has 0 aromatic heterocycles. The van der Waals surface area contributed by atoms with Crippen molar-refractivity contribution in [3.63, 3.8) is 0 Å². The van der Waals surface area contributed by atoms with Gasteiger partial charge in [0.2, 0.25) is 0 Å². The summed E-state index contributed by atoms with van der Waals surface area (Å²) >= 11 is 0. The average Bonchev–Trinajstić information content (AvgIpc) is 2.41. The van der Waals surface area contributed by atoms with E-state index in [1.54, 1.807) is 0 Å². The summed E-state index contributed by atoms with van der Waals surface area (Å²) in [6.07, 6.45) is 0.811. The highest BCUT2D eigenvalue weighted by Crippen LogP contribution is 2.18. The van der Waals surface area contributed by atoms with Crippen LogP contribution in [0.3, 0.4) is 0 Å². The highest BCUT2D eigenvalue weighted by Gasteiger charge is 2.25. The van der Waals surface area contributed by atoms with Crippen molar-refractivity contribution in [2.45, 2.75) is 25.0 Å². The third-order valence-electron chi connectivity index (χ3n) is 3.50. The van der Waals surface area contributed by atoms with Crippen LogP contribution >= 0.6 is 0 Å². The van der Waals surface area contributed by atoms with Crippen LogP contribution in [0.15, 0.2) is 30.3 Å². The molecule has 5 heteroatoms. The molecular formula is C14H21N3O2. The third-order valence-corrected chi connectivity index (χ3v) is 3.50. The van der Waals surface area contributed by atoms with Crippen LogP contribution in [0.5, 0.6) is 0 Å². The summed E-state index contributed by atoms with van der Waals surface area (Å²) in [5.74, 6) is -0.747. The Balaban J connectivity index is 1.90. The van der Waals surface area contributed by atoms with E-state index in [9.17, 15) is 4.79 Å². The molecule has 1 aromatic rings. The fraction of sp³-hybridized carbons (Fsp3) is 0.500. The normalized spacial score (nSPS) is 24.3. The Morgan fingerprint density at radius 2 is 2.16 bits per heavy atom. The molecule has 104 valence electrons. The van der Waals surface area contributed by atoms with Gasteiger partial charge < -0.3 is 16.2 Å². The lowest BCUT2D eigenvalue weighted by Crippen LogP contribution is -2.57. The highest BCUT2D eigenvalue weighted by molar-refractivity contribution is 5.66. The van der Waals surface area contributed by atoms with E-state index in [-0.39, 0.29) is 18.6 Å². The summed E-state index contributed by atoms with van der Waals surface area (Å²) < 4.78 is 0. The van der Waals surface area contributed by atoms with Gasteiger partial charge in [-0.3, -0.25) is 9.69 Å². The maximum atomic E-state index is 10.5. The fourth-order valence-electron chi connectivity index (χ4n) is 2.43. The number of nitrogens with two attached hydrogens (primary N) is 1. The van der Waals surface area contributed by atoms with Crippen LogP contribution in [0.2, 0.25) is 0 Å². The van der Waals surface area contributed by atoms with Crippen molar-refractivity contribution >= 4 is 5.97 Å². The zero-order chi connectivity index (χ0) is 13.7. The lowest BCUT2D eigenvalue weighted by atomic mass is 10.0. The quantitative estimate of drug-likeness (QED) is 0.732. The minimum absolute atomic E-state index is 0.0336. The molecule has 2 atom stereocenters. The first-order valence-corrected chi connectivity index (χ1v) is 6.66. The summed E-state index contributed by atoms with van der Waals surface area (Å²) in [5, 5.41) is 12.1. The lowest BCUT2D eigenvalue weighted by molar-refractivity contribution is -0.137. The Labute approximate surface area is 113 Å². The number of piperazine rings is 1. The van der Waals surface area contributed by atoms with Gasteiger partial charge >= 0.3 is 5.97 Å². The minimum Gasteiger partial charge on any atom is -0.481 e.